The van der Waals surface area contributed by atoms with Crippen molar-refractivity contribution in [3.63, 3.8) is 0 Å². The topological polar surface area (TPSA) is 0 Å². The molecule has 0 heterocycles. The van der Waals surface area contributed by atoms with Gasteiger partial charge < -0.3 is 0 Å². The van der Waals surface area contributed by atoms with Crippen LogP contribution in [-0.2, 0) is 0 Å². The zero-order chi connectivity index (χ0) is 0. The summed E-state index contributed by atoms with van der Waals surface area (Å²) in [6.07, 6.45) is 0. The van der Waals surface area contributed by atoms with Crippen LogP contribution in [0.3, 0.4) is 0 Å². The molecule has 0 saturated heterocycles. The zero-order valence-corrected chi connectivity index (χ0v) is 14.9. The molecule has 0 unspecified atom stereocenters. The molecule has 0 aromatic heterocycles. The smallest absolute Gasteiger partial charge is 3.00 e. The van der Waals surface area contributed by atoms with Crippen molar-refractivity contribution in [3.8, 4) is 0 Å². The largest absolute Gasteiger partial charge is 3.00 e. The van der Waals surface area contributed by atoms with Gasteiger partial charge in [0.25, 0.3) is 0 Å². The molecule has 0 atom stereocenters. The van der Waals surface area contributed by atoms with Gasteiger partial charge in [-0.3, -0.25) is 0 Å². The fraction of sp³-hybridized carbons (Fsp3) is 0. The second-order valence-electron chi connectivity index (χ2n) is 0. The van der Waals surface area contributed by atoms with Crippen LogP contribution in [-0.4, -0.2) is 78.6 Å². The third kappa shape index (κ3) is 8.82. The van der Waals surface area contributed by atoms with Gasteiger partial charge in [0.1, 0.15) is 0 Å². The van der Waals surface area contributed by atoms with Crippen molar-refractivity contribution in [2.45, 2.75) is 0 Å². The molecule has 0 rings (SSSR count). The quantitative estimate of drug-likeness (QED) is 0.410. The average molecular weight is 339 g/mol. The molecule has 0 spiro atoms. The van der Waals surface area contributed by atoms with Gasteiger partial charge in [-0.05, 0) is 0 Å². The Morgan fingerprint density at radius 1 is 0.500 bits per heavy atom. The van der Waals surface area contributed by atoms with Crippen LogP contribution in [0.2, 0.25) is 0 Å². The van der Waals surface area contributed by atoms with Gasteiger partial charge in [0.2, 0.25) is 0 Å². The van der Waals surface area contributed by atoms with E-state index in [1.807, 2.05) is 0 Å². The Morgan fingerprint density at radius 2 is 0.500 bits per heavy atom. The first-order valence-corrected chi connectivity index (χ1v) is 0. The summed E-state index contributed by atoms with van der Waals surface area (Å²) in [5, 5.41) is 0. The van der Waals surface area contributed by atoms with Gasteiger partial charge in [0.05, 0.1) is 0 Å². The van der Waals surface area contributed by atoms with Crippen molar-refractivity contribution < 1.29 is 0 Å². The molecule has 0 nitrogen and oxygen atoms in total. The van der Waals surface area contributed by atoms with Crippen molar-refractivity contribution in [2.24, 2.45) is 0 Å². The molecule has 0 N–H and O–H groups in total. The number of hydrogen-bond acceptors (Lipinski definition) is 0. The first-order valence-electron chi connectivity index (χ1n) is 0. The first kappa shape index (κ1) is 31.5. The molecule has 0 fully saturated rings. The van der Waals surface area contributed by atoms with Crippen LogP contribution >= 0.6 is 0 Å². The summed E-state index contributed by atoms with van der Waals surface area (Å²) in [4.78, 5) is 0. The zero-order valence-electron chi connectivity index (χ0n) is 2.70. The van der Waals surface area contributed by atoms with E-state index >= 15 is 0 Å². The van der Waals surface area contributed by atoms with Gasteiger partial charge in [0, 0.05) is 0 Å². The molecule has 21 valence electrons. The van der Waals surface area contributed by atoms with Crippen LogP contribution in [0.1, 0.15) is 0 Å². The Hall–Kier alpha value is 2.50. The van der Waals surface area contributed by atoms with E-state index in [4.69, 9.17) is 0 Å². The molecule has 0 aromatic rings. The van der Waals surface area contributed by atoms with Gasteiger partial charge in [-0.25, -0.2) is 0 Å². The van der Waals surface area contributed by atoms with Gasteiger partial charge in [-0.15, -0.1) is 0 Å². The fourth-order valence-corrected chi connectivity index (χ4v) is 0. The molecule has 4 heteroatoms. The maximum atomic E-state index is 0. The second-order valence-corrected chi connectivity index (χ2v) is 0. The van der Waals surface area contributed by atoms with E-state index in [-0.39, 0.29) is 78.6 Å². The van der Waals surface area contributed by atoms with Crippen LogP contribution in [0.15, 0.2) is 0 Å². The summed E-state index contributed by atoms with van der Waals surface area (Å²) < 4.78 is 0. The Kier molecular flexibility index (Phi) is 140. The normalized spacial score (nSPS) is 0. The Labute approximate surface area is 77.6 Å². The number of rotatable bonds is 0. The summed E-state index contributed by atoms with van der Waals surface area (Å²) in [5.74, 6) is 0. The maximum absolute atomic E-state index is 0. The Balaban J connectivity index is 0. The van der Waals surface area contributed by atoms with Crippen molar-refractivity contribution in [1.82, 2.24) is 0 Å². The molecule has 0 aliphatic carbocycles. The molecular formula is H6Ge3In. The molecule has 4 heavy (non-hydrogen) atoms. The van der Waals surface area contributed by atoms with Crippen LogP contribution in [0.4, 0.5) is 0 Å². The molecule has 3 radical (unpaired) electrons. The van der Waals surface area contributed by atoms with Crippen LogP contribution in [0.25, 0.3) is 0 Å². The summed E-state index contributed by atoms with van der Waals surface area (Å²) in [7, 11) is 0. The maximum Gasteiger partial charge on any atom is 3.00 e. The summed E-state index contributed by atoms with van der Waals surface area (Å²) in [6.45, 7) is 0. The standard InChI is InChI=1S/3GeH2.In/h3*1H2;/q3*-1;+3. The van der Waals surface area contributed by atoms with E-state index in [0.717, 1.165) is 0 Å². The molecule has 0 bridgehead atoms. The minimum atomic E-state index is 0. The van der Waals surface area contributed by atoms with Crippen LogP contribution in [0.5, 0.6) is 0 Å². The van der Waals surface area contributed by atoms with Crippen molar-refractivity contribution in [3.05, 3.63) is 0 Å². The van der Waals surface area contributed by atoms with Crippen molar-refractivity contribution >= 4 is 78.6 Å². The van der Waals surface area contributed by atoms with E-state index in [0.29, 0.717) is 0 Å². The van der Waals surface area contributed by atoms with E-state index in [9.17, 15) is 0 Å². The van der Waals surface area contributed by atoms with Gasteiger partial charge in [-0.1, -0.05) is 0 Å². The SMILES string of the molecule is [GeH2-].[GeH2-].[GeH2-].[In+3]. The molecule has 0 aromatic carbocycles. The van der Waals surface area contributed by atoms with E-state index in [2.05, 4.69) is 0 Å². The molecule has 0 aliphatic heterocycles. The minimum Gasteiger partial charge on any atom is 3.00 e. The minimum absolute atomic E-state index is 0. The third-order valence-electron chi connectivity index (χ3n) is 0. The molecule has 0 aliphatic rings. The predicted octanol–water partition coefficient (Wildman–Crippen LogP) is -3.13. The van der Waals surface area contributed by atoms with Gasteiger partial charge >= 0.3 is 78.6 Å². The van der Waals surface area contributed by atoms with E-state index in [1.165, 1.54) is 0 Å². The molecule has 0 saturated carbocycles. The molecular weight excluding hydrogens is 333 g/mol. The summed E-state index contributed by atoms with van der Waals surface area (Å²) >= 11 is 0. The van der Waals surface area contributed by atoms with Crippen molar-refractivity contribution in [2.75, 3.05) is 0 Å². The Morgan fingerprint density at radius 3 is 0.500 bits per heavy atom. The van der Waals surface area contributed by atoms with E-state index < -0.39 is 0 Å². The van der Waals surface area contributed by atoms with E-state index in [1.54, 1.807) is 0 Å². The first-order chi connectivity index (χ1) is 0. The monoisotopic (exact) mass is 343 g/mol. The van der Waals surface area contributed by atoms with Crippen LogP contribution in [0, 0.1) is 0 Å². The Bertz CT molecular complexity index is 3.25. The fourth-order valence-electron chi connectivity index (χ4n) is 0. The summed E-state index contributed by atoms with van der Waals surface area (Å²) in [5.41, 5.74) is 0. The van der Waals surface area contributed by atoms with Crippen LogP contribution < -0.4 is 0 Å². The number of hydrogen-bond donors (Lipinski definition) is 0. The van der Waals surface area contributed by atoms with Gasteiger partial charge in [0.15, 0.2) is 0 Å². The predicted molar refractivity (Wildman–Crippen MR) is 31.4 cm³/mol. The summed E-state index contributed by atoms with van der Waals surface area (Å²) in [6, 6.07) is 0. The average Bonchev–Trinajstić information content (AvgIpc) is 0. The van der Waals surface area contributed by atoms with Crippen molar-refractivity contribution in [1.29, 1.82) is 0 Å². The third-order valence-corrected chi connectivity index (χ3v) is 0. The second kappa shape index (κ2) is 17.8. The molecule has 0 amide bonds. The van der Waals surface area contributed by atoms with Gasteiger partial charge in [-0.2, -0.15) is 0 Å².